The van der Waals surface area contributed by atoms with Gasteiger partial charge < -0.3 is 19.7 Å². The van der Waals surface area contributed by atoms with Crippen molar-refractivity contribution in [3.63, 3.8) is 0 Å². The second-order valence-corrected chi connectivity index (χ2v) is 15.3. The van der Waals surface area contributed by atoms with Gasteiger partial charge in [0.05, 0.1) is 25.4 Å². The zero-order valence-corrected chi connectivity index (χ0v) is 13.5. The minimum Gasteiger partial charge on any atom is -0.416 e. The van der Waals surface area contributed by atoms with Crippen molar-refractivity contribution in [2.45, 2.75) is 44.8 Å². The quantitative estimate of drug-likeness (QED) is 0.683. The van der Waals surface area contributed by atoms with Crippen molar-refractivity contribution >= 4 is 16.6 Å². The Hall–Kier alpha value is 0.274. The summed E-state index contributed by atoms with van der Waals surface area (Å²) in [6.45, 7) is 13.2. The molecule has 0 aliphatic rings. The molecule has 0 unspecified atom stereocenters. The van der Waals surface area contributed by atoms with E-state index < -0.39 is 22.2 Å². The van der Waals surface area contributed by atoms with Crippen molar-refractivity contribution in [1.82, 2.24) is 0 Å². The normalized spacial score (nSPS) is 14.2. The van der Waals surface area contributed by atoms with E-state index in [1.807, 2.05) is 0 Å². The van der Waals surface area contributed by atoms with Gasteiger partial charge in [0.25, 0.3) is 0 Å². The summed E-state index contributed by atoms with van der Waals surface area (Å²) in [5.41, 5.74) is 5.29. The molecule has 0 radical (unpaired) electrons. The first-order chi connectivity index (χ1) is 6.97. The van der Waals surface area contributed by atoms with Gasteiger partial charge in [-0.3, -0.25) is 0 Å². The zero-order chi connectivity index (χ0) is 13.0. The van der Waals surface area contributed by atoms with Crippen LogP contribution < -0.4 is 5.73 Å². The maximum Gasteiger partial charge on any atom is 0.183 e. The van der Waals surface area contributed by atoms with Gasteiger partial charge in [-0.15, -0.1) is 0 Å². The molecule has 0 aromatic heterocycles. The molecule has 0 aromatic carbocycles. The van der Waals surface area contributed by atoms with Crippen LogP contribution in [0.25, 0.3) is 0 Å². The van der Waals surface area contributed by atoms with E-state index in [1.165, 1.54) is 0 Å². The average molecular weight is 266 g/mol. The maximum atomic E-state index is 9.32. The molecule has 0 spiro atoms. The first-order valence-electron chi connectivity index (χ1n) is 5.65. The molecule has 0 aromatic rings. The SMILES string of the molecule is C[Si](C)(C)OCC(N)(CO)CO[Si](C)(C)C. The number of aliphatic hydroxyl groups excluding tert-OH is 1. The fourth-order valence-electron chi connectivity index (χ4n) is 0.853. The smallest absolute Gasteiger partial charge is 0.183 e. The molecule has 6 heteroatoms. The van der Waals surface area contributed by atoms with Gasteiger partial charge in [0, 0.05) is 0 Å². The summed E-state index contributed by atoms with van der Waals surface area (Å²) < 4.78 is 11.5. The topological polar surface area (TPSA) is 64.7 Å². The van der Waals surface area contributed by atoms with Gasteiger partial charge in [0.15, 0.2) is 16.6 Å². The highest BCUT2D eigenvalue weighted by Crippen LogP contribution is 2.12. The molecule has 0 heterocycles. The van der Waals surface area contributed by atoms with Gasteiger partial charge in [-0.25, -0.2) is 0 Å². The lowest BCUT2D eigenvalue weighted by atomic mass is 10.1. The fraction of sp³-hybridized carbons (Fsp3) is 1.00. The highest BCUT2D eigenvalue weighted by Gasteiger charge is 2.30. The van der Waals surface area contributed by atoms with Gasteiger partial charge >= 0.3 is 0 Å². The predicted molar refractivity (Wildman–Crippen MR) is 72.6 cm³/mol. The zero-order valence-electron chi connectivity index (χ0n) is 11.5. The van der Waals surface area contributed by atoms with E-state index in [0.717, 1.165) is 0 Å². The number of rotatable bonds is 7. The molecule has 0 rings (SSSR count). The summed E-state index contributed by atoms with van der Waals surface area (Å²) in [5, 5.41) is 9.32. The molecule has 0 saturated carbocycles. The third-order valence-electron chi connectivity index (χ3n) is 1.90. The first kappa shape index (κ1) is 16.3. The highest BCUT2D eigenvalue weighted by molar-refractivity contribution is 6.70. The minimum atomic E-state index is -1.59. The average Bonchev–Trinajstić information content (AvgIpc) is 2.09. The van der Waals surface area contributed by atoms with Crippen LogP contribution in [0.5, 0.6) is 0 Å². The molecular formula is C10H27NO3Si2. The van der Waals surface area contributed by atoms with Crippen LogP contribution in [0.3, 0.4) is 0 Å². The van der Waals surface area contributed by atoms with E-state index >= 15 is 0 Å². The predicted octanol–water partition coefficient (Wildman–Crippen LogP) is 1.38. The van der Waals surface area contributed by atoms with E-state index in [2.05, 4.69) is 39.3 Å². The van der Waals surface area contributed by atoms with Crippen molar-refractivity contribution in [3.8, 4) is 0 Å². The van der Waals surface area contributed by atoms with Gasteiger partial charge in [-0.1, -0.05) is 0 Å². The third-order valence-corrected chi connectivity index (χ3v) is 3.92. The van der Waals surface area contributed by atoms with Gasteiger partial charge in [0.2, 0.25) is 0 Å². The molecule has 0 saturated heterocycles. The number of hydrogen-bond acceptors (Lipinski definition) is 4. The second-order valence-electron chi connectivity index (χ2n) is 6.32. The van der Waals surface area contributed by atoms with Crippen LogP contribution >= 0.6 is 0 Å². The molecular weight excluding hydrogens is 238 g/mol. The molecule has 0 fully saturated rings. The molecule has 0 aliphatic carbocycles. The van der Waals surface area contributed by atoms with Crippen molar-refractivity contribution in [1.29, 1.82) is 0 Å². The summed E-state index contributed by atoms with van der Waals surface area (Å²) in [5.74, 6) is 0. The molecule has 0 bridgehead atoms. The molecule has 0 aliphatic heterocycles. The standard InChI is InChI=1S/C10H27NO3Si2/c1-15(2,3)13-8-10(11,7-12)9-14-16(4,5)6/h12H,7-9,11H2,1-6H3. The van der Waals surface area contributed by atoms with E-state index in [0.29, 0.717) is 13.2 Å². The van der Waals surface area contributed by atoms with Crippen LogP contribution in [0, 0.1) is 0 Å². The maximum absolute atomic E-state index is 9.32. The van der Waals surface area contributed by atoms with E-state index in [1.54, 1.807) is 0 Å². The van der Waals surface area contributed by atoms with Crippen LogP contribution in [0.4, 0.5) is 0 Å². The van der Waals surface area contributed by atoms with E-state index in [-0.39, 0.29) is 6.61 Å². The van der Waals surface area contributed by atoms with Gasteiger partial charge in [-0.05, 0) is 39.3 Å². The van der Waals surface area contributed by atoms with Crippen molar-refractivity contribution in [2.75, 3.05) is 19.8 Å². The highest BCUT2D eigenvalue weighted by atomic mass is 28.4. The Bertz CT molecular complexity index is 193. The Morgan fingerprint density at radius 3 is 1.44 bits per heavy atom. The van der Waals surface area contributed by atoms with Crippen LogP contribution in [0.2, 0.25) is 39.3 Å². The molecule has 16 heavy (non-hydrogen) atoms. The number of hydrogen-bond donors (Lipinski definition) is 2. The molecule has 4 nitrogen and oxygen atoms in total. The number of nitrogens with two attached hydrogens (primary N) is 1. The minimum absolute atomic E-state index is 0.109. The van der Waals surface area contributed by atoms with Crippen LogP contribution in [0.1, 0.15) is 0 Å². The summed E-state index contributed by atoms with van der Waals surface area (Å²) in [7, 11) is -3.19. The molecule has 98 valence electrons. The lowest BCUT2D eigenvalue weighted by molar-refractivity contribution is 0.0827. The van der Waals surface area contributed by atoms with Crippen LogP contribution in [0.15, 0.2) is 0 Å². The third kappa shape index (κ3) is 8.43. The van der Waals surface area contributed by atoms with Crippen LogP contribution in [-0.2, 0) is 8.85 Å². The largest absolute Gasteiger partial charge is 0.416 e. The van der Waals surface area contributed by atoms with Gasteiger partial charge in [-0.2, -0.15) is 0 Å². The Kier molecular flexibility index (Phi) is 5.84. The fourth-order valence-corrected chi connectivity index (χ4v) is 2.29. The van der Waals surface area contributed by atoms with E-state index in [9.17, 15) is 5.11 Å². The summed E-state index contributed by atoms with van der Waals surface area (Å²) in [6.07, 6.45) is 0. The molecule has 0 atom stereocenters. The lowest BCUT2D eigenvalue weighted by Gasteiger charge is -2.33. The lowest BCUT2D eigenvalue weighted by Crippen LogP contribution is -2.55. The second kappa shape index (κ2) is 5.74. The van der Waals surface area contributed by atoms with Crippen LogP contribution in [-0.4, -0.2) is 47.1 Å². The Morgan fingerprint density at radius 1 is 0.938 bits per heavy atom. The molecule has 0 amide bonds. The van der Waals surface area contributed by atoms with Gasteiger partial charge in [0.1, 0.15) is 0 Å². The molecule has 3 N–H and O–H groups in total. The van der Waals surface area contributed by atoms with E-state index in [4.69, 9.17) is 14.6 Å². The Balaban J connectivity index is 4.21. The summed E-state index contributed by atoms with van der Waals surface area (Å²) >= 11 is 0. The van der Waals surface area contributed by atoms with Crippen molar-refractivity contribution in [2.24, 2.45) is 5.73 Å². The van der Waals surface area contributed by atoms with Crippen molar-refractivity contribution < 1.29 is 14.0 Å². The van der Waals surface area contributed by atoms with Crippen molar-refractivity contribution in [3.05, 3.63) is 0 Å². The number of aliphatic hydroxyl groups is 1. The monoisotopic (exact) mass is 265 g/mol. The first-order valence-corrected chi connectivity index (χ1v) is 12.5. The summed E-state index contributed by atoms with van der Waals surface area (Å²) in [4.78, 5) is 0. The Morgan fingerprint density at radius 2 is 1.25 bits per heavy atom. The summed E-state index contributed by atoms with van der Waals surface area (Å²) in [6, 6.07) is 0. The Labute approximate surface area is 101 Å².